The number of nitrogens with zero attached hydrogens (tertiary/aromatic N) is 1. The minimum Gasteiger partial charge on any atom is -0.487 e. The minimum atomic E-state index is -0.452. The fourth-order valence-corrected chi connectivity index (χ4v) is 7.90. The molecule has 0 bridgehead atoms. The first-order chi connectivity index (χ1) is 18.3. The molecule has 0 fully saturated rings. The van der Waals surface area contributed by atoms with Crippen LogP contribution in [0.3, 0.4) is 0 Å². The van der Waals surface area contributed by atoms with Crippen molar-refractivity contribution in [3.05, 3.63) is 84.6 Å². The van der Waals surface area contributed by atoms with Crippen molar-refractivity contribution in [2.45, 2.75) is 79.8 Å². The first-order valence-corrected chi connectivity index (χ1v) is 15.4. The normalized spacial score (nSPS) is 20.8. The zero-order valence-electron chi connectivity index (χ0n) is 23.7. The minimum absolute atomic E-state index is 0.134. The van der Waals surface area contributed by atoms with Crippen molar-refractivity contribution in [3.63, 3.8) is 0 Å². The molecule has 1 aliphatic heterocycles. The van der Waals surface area contributed by atoms with Crippen molar-refractivity contribution >= 4 is 43.4 Å². The Bertz CT molecular complexity index is 1360. The van der Waals surface area contributed by atoms with E-state index in [4.69, 9.17) is 4.74 Å². The maximum atomic E-state index is 14.0. The van der Waals surface area contributed by atoms with Gasteiger partial charge in [-0.05, 0) is 71.1 Å². The molecule has 0 saturated carbocycles. The Labute approximate surface area is 249 Å². The Kier molecular flexibility index (Phi) is 7.51. The van der Waals surface area contributed by atoms with E-state index in [0.29, 0.717) is 25.2 Å². The first-order valence-electron chi connectivity index (χ1n) is 13.8. The number of Topliss-reactive ketones (excluding diaryl/α,β-unsaturated/α-hetero) is 2. The highest BCUT2D eigenvalue weighted by Crippen LogP contribution is 2.56. The summed E-state index contributed by atoms with van der Waals surface area (Å²) in [6, 6.07) is 12.3. The molecule has 39 heavy (non-hydrogen) atoms. The number of carbonyl (C=O) groups is 2. The quantitative estimate of drug-likeness (QED) is 0.323. The molecule has 3 aliphatic rings. The van der Waals surface area contributed by atoms with Gasteiger partial charge in [0, 0.05) is 57.9 Å². The van der Waals surface area contributed by atoms with E-state index in [9.17, 15) is 9.59 Å². The Hall–Kier alpha value is -2.18. The summed E-state index contributed by atoms with van der Waals surface area (Å²) < 4.78 is 8.19. The standard InChI is InChI=1S/C33H37Br2NO3/c1-7-36-24-14-32(3,4)16-26(37)29(24)28(30-25(36)15-33(5,6)17-27(30)38)22-12-21(34)13-23(35)31(22)39-18-20-10-8-19(2)9-11-20/h8-13,28H,7,14-18H2,1-6H3. The van der Waals surface area contributed by atoms with E-state index in [-0.39, 0.29) is 22.4 Å². The molecule has 206 valence electrons. The number of benzene rings is 2. The molecule has 2 aromatic carbocycles. The highest BCUT2D eigenvalue weighted by molar-refractivity contribution is 9.11. The lowest BCUT2D eigenvalue weighted by Crippen LogP contribution is -2.44. The molecule has 0 N–H and O–H groups in total. The second kappa shape index (κ2) is 10.3. The van der Waals surface area contributed by atoms with Crippen LogP contribution >= 0.6 is 31.9 Å². The highest BCUT2D eigenvalue weighted by atomic mass is 79.9. The number of rotatable bonds is 5. The van der Waals surface area contributed by atoms with Crippen LogP contribution in [-0.2, 0) is 16.2 Å². The molecule has 1 heterocycles. The topological polar surface area (TPSA) is 46.6 Å². The van der Waals surface area contributed by atoms with Gasteiger partial charge in [0.25, 0.3) is 0 Å². The summed E-state index contributed by atoms with van der Waals surface area (Å²) in [4.78, 5) is 30.3. The van der Waals surface area contributed by atoms with Gasteiger partial charge in [0.2, 0.25) is 0 Å². The van der Waals surface area contributed by atoms with Crippen molar-refractivity contribution in [3.8, 4) is 5.75 Å². The van der Waals surface area contributed by atoms with Crippen LogP contribution in [0.5, 0.6) is 5.75 Å². The lowest BCUT2D eigenvalue weighted by Gasteiger charge is -2.49. The molecule has 6 heteroatoms. The smallest absolute Gasteiger partial charge is 0.162 e. The van der Waals surface area contributed by atoms with Crippen molar-refractivity contribution in [1.82, 2.24) is 4.90 Å². The van der Waals surface area contributed by atoms with Crippen molar-refractivity contribution < 1.29 is 14.3 Å². The predicted molar refractivity (Wildman–Crippen MR) is 163 cm³/mol. The lowest BCUT2D eigenvalue weighted by molar-refractivity contribution is -0.119. The SMILES string of the molecule is CCN1C2=C(C(=O)CC(C)(C)C2)C(c2cc(Br)cc(Br)c2OCc2ccc(C)cc2)C2=C1CC(C)(C)CC2=O. The zero-order chi connectivity index (χ0) is 28.3. The summed E-state index contributed by atoms with van der Waals surface area (Å²) in [5.74, 6) is 0.499. The van der Waals surface area contributed by atoms with Crippen LogP contribution in [0.1, 0.15) is 82.9 Å². The molecule has 0 aromatic heterocycles. The molecule has 0 radical (unpaired) electrons. The van der Waals surface area contributed by atoms with E-state index < -0.39 is 5.92 Å². The summed E-state index contributed by atoms with van der Waals surface area (Å²) in [5, 5.41) is 0. The van der Waals surface area contributed by atoms with Crippen LogP contribution < -0.4 is 4.74 Å². The highest BCUT2D eigenvalue weighted by Gasteiger charge is 2.49. The van der Waals surface area contributed by atoms with E-state index in [0.717, 1.165) is 62.0 Å². The second-order valence-electron chi connectivity index (χ2n) is 12.9. The van der Waals surface area contributed by atoms with Gasteiger partial charge in [-0.1, -0.05) is 73.5 Å². The number of aryl methyl sites for hydroxylation is 1. The van der Waals surface area contributed by atoms with Crippen LogP contribution in [-0.4, -0.2) is 23.0 Å². The van der Waals surface area contributed by atoms with Gasteiger partial charge in [-0.25, -0.2) is 0 Å². The van der Waals surface area contributed by atoms with Crippen LogP contribution in [0.25, 0.3) is 0 Å². The number of allylic oxidation sites excluding steroid dienone is 4. The Morgan fingerprint density at radius 2 is 1.41 bits per heavy atom. The summed E-state index contributed by atoms with van der Waals surface area (Å²) in [7, 11) is 0. The van der Waals surface area contributed by atoms with E-state index >= 15 is 0 Å². The monoisotopic (exact) mass is 653 g/mol. The lowest BCUT2D eigenvalue weighted by atomic mass is 9.63. The number of hydrogen-bond acceptors (Lipinski definition) is 4. The molecule has 0 amide bonds. The van der Waals surface area contributed by atoms with Crippen molar-refractivity contribution in [2.24, 2.45) is 10.8 Å². The van der Waals surface area contributed by atoms with E-state index in [1.54, 1.807) is 0 Å². The average molecular weight is 655 g/mol. The maximum absolute atomic E-state index is 14.0. The van der Waals surface area contributed by atoms with Gasteiger partial charge in [0.05, 0.1) is 4.47 Å². The molecule has 2 aliphatic carbocycles. The summed E-state index contributed by atoms with van der Waals surface area (Å²) in [6.45, 7) is 14.0. The molecular formula is C33H37Br2NO3. The summed E-state index contributed by atoms with van der Waals surface area (Å²) in [5.41, 5.74) is 6.55. The number of halogens is 2. The third kappa shape index (κ3) is 5.44. The molecule has 2 aromatic rings. The number of hydrogen-bond donors (Lipinski definition) is 0. The third-order valence-electron chi connectivity index (χ3n) is 8.19. The predicted octanol–water partition coefficient (Wildman–Crippen LogP) is 8.80. The molecule has 0 saturated heterocycles. The Morgan fingerprint density at radius 3 is 1.92 bits per heavy atom. The van der Waals surface area contributed by atoms with Crippen LogP contribution in [0, 0.1) is 17.8 Å². The number of ether oxygens (including phenoxy) is 1. The van der Waals surface area contributed by atoms with Gasteiger partial charge < -0.3 is 9.64 Å². The number of ketones is 2. The average Bonchev–Trinajstić information content (AvgIpc) is 2.81. The van der Waals surface area contributed by atoms with Gasteiger partial charge in [-0.15, -0.1) is 0 Å². The third-order valence-corrected chi connectivity index (χ3v) is 9.24. The van der Waals surface area contributed by atoms with Crippen molar-refractivity contribution in [1.29, 1.82) is 0 Å². The number of carbonyl (C=O) groups excluding carboxylic acids is 2. The molecule has 0 unspecified atom stereocenters. The van der Waals surface area contributed by atoms with Crippen molar-refractivity contribution in [2.75, 3.05) is 6.54 Å². The fourth-order valence-electron chi connectivity index (χ4n) is 6.53. The molecule has 0 spiro atoms. The Morgan fingerprint density at radius 1 is 0.872 bits per heavy atom. The van der Waals surface area contributed by atoms with Crippen LogP contribution in [0.4, 0.5) is 0 Å². The van der Waals surface area contributed by atoms with E-state index in [1.807, 2.05) is 12.1 Å². The first kappa shape index (κ1) is 28.4. The molecule has 4 nitrogen and oxygen atoms in total. The van der Waals surface area contributed by atoms with Crippen LogP contribution in [0.15, 0.2) is 67.9 Å². The molecular weight excluding hydrogens is 618 g/mol. The van der Waals surface area contributed by atoms with E-state index in [1.165, 1.54) is 5.56 Å². The molecule has 0 atom stereocenters. The maximum Gasteiger partial charge on any atom is 0.162 e. The zero-order valence-corrected chi connectivity index (χ0v) is 26.9. The van der Waals surface area contributed by atoms with Gasteiger partial charge in [-0.3, -0.25) is 9.59 Å². The fraction of sp³-hybridized carbons (Fsp3) is 0.455. The largest absolute Gasteiger partial charge is 0.487 e. The summed E-state index contributed by atoms with van der Waals surface area (Å²) >= 11 is 7.44. The van der Waals surface area contributed by atoms with Crippen LogP contribution in [0.2, 0.25) is 0 Å². The Balaban J connectivity index is 1.72. The van der Waals surface area contributed by atoms with Gasteiger partial charge >= 0.3 is 0 Å². The van der Waals surface area contributed by atoms with Gasteiger partial charge in [-0.2, -0.15) is 0 Å². The van der Waals surface area contributed by atoms with Gasteiger partial charge in [0.1, 0.15) is 12.4 Å². The summed E-state index contributed by atoms with van der Waals surface area (Å²) in [6.07, 6.45) is 2.55. The molecule has 5 rings (SSSR count). The second-order valence-corrected chi connectivity index (χ2v) is 14.6. The van der Waals surface area contributed by atoms with E-state index in [2.05, 4.69) is 103 Å². The van der Waals surface area contributed by atoms with Gasteiger partial charge in [0.15, 0.2) is 11.6 Å².